The van der Waals surface area contributed by atoms with E-state index >= 15 is 0 Å². The molecule has 1 saturated carbocycles. The smallest absolute Gasteiger partial charge is 0.292 e. The Bertz CT molecular complexity index is 492. The summed E-state index contributed by atoms with van der Waals surface area (Å²) in [6.07, 6.45) is 4.33. The Morgan fingerprint density at radius 3 is 2.40 bits per heavy atom. The fourth-order valence-corrected chi connectivity index (χ4v) is 3.75. The second-order valence-electron chi connectivity index (χ2n) is 5.44. The van der Waals surface area contributed by atoms with Gasteiger partial charge in [-0.3, -0.25) is 9.69 Å². The Kier molecular flexibility index (Phi) is 4.03. The molecule has 2 rings (SSSR count). The summed E-state index contributed by atoms with van der Waals surface area (Å²) in [7, 11) is -3.95. The van der Waals surface area contributed by atoms with Crippen molar-refractivity contribution in [3.8, 4) is 0 Å². The predicted octanol–water partition coefficient (Wildman–Crippen LogP) is 1.22. The Hall–Kier alpha value is -0.830. The number of halogens is 3. The molecular weight excluding hydrogens is 297 g/mol. The number of hydrogen-bond acceptors (Lipinski definition) is 4. The molecule has 0 radical (unpaired) electrons. The monoisotopic (exact) mass is 314 g/mol. The molecular formula is C11H17F3N2O3S. The number of amides is 1. The van der Waals surface area contributed by atoms with Crippen LogP contribution in [0.25, 0.3) is 0 Å². The average Bonchev–Trinajstić information content (AvgIpc) is 2.66. The third-order valence-electron chi connectivity index (χ3n) is 4.25. The molecule has 20 heavy (non-hydrogen) atoms. The molecule has 116 valence electrons. The molecule has 5 nitrogen and oxygen atoms in total. The molecule has 0 spiro atoms. The van der Waals surface area contributed by atoms with Crippen molar-refractivity contribution in [1.29, 1.82) is 0 Å². The van der Waals surface area contributed by atoms with E-state index in [1.54, 1.807) is 11.9 Å². The highest BCUT2D eigenvalue weighted by atomic mass is 32.2. The molecule has 1 amide bonds. The van der Waals surface area contributed by atoms with Crippen LogP contribution in [0.5, 0.6) is 0 Å². The zero-order valence-electron chi connectivity index (χ0n) is 11.0. The van der Waals surface area contributed by atoms with Gasteiger partial charge in [0.1, 0.15) is 0 Å². The van der Waals surface area contributed by atoms with Crippen LogP contribution >= 0.6 is 0 Å². The van der Waals surface area contributed by atoms with Crippen molar-refractivity contribution in [2.75, 3.05) is 7.05 Å². The van der Waals surface area contributed by atoms with Gasteiger partial charge in [0.15, 0.2) is 0 Å². The molecule has 0 aromatic heterocycles. The maximum Gasteiger partial charge on any atom is 0.516 e. The van der Waals surface area contributed by atoms with E-state index in [2.05, 4.69) is 0 Å². The van der Waals surface area contributed by atoms with Crippen LogP contribution in [0.2, 0.25) is 0 Å². The second-order valence-corrected chi connectivity index (χ2v) is 7.12. The summed E-state index contributed by atoms with van der Waals surface area (Å²) >= 11 is 0. The molecule has 0 aromatic rings. The first-order valence-electron chi connectivity index (χ1n) is 6.48. The molecule has 1 N–H and O–H groups in total. The Morgan fingerprint density at radius 2 is 1.85 bits per heavy atom. The number of likely N-dealkylation sites (N-methyl/N-ethyl adjacent to an activating group) is 1. The molecule has 2 fully saturated rings. The summed E-state index contributed by atoms with van der Waals surface area (Å²) in [4.78, 5) is 13.5. The zero-order chi connectivity index (χ0) is 15.1. The van der Waals surface area contributed by atoms with Gasteiger partial charge in [-0.25, -0.2) is 4.72 Å². The van der Waals surface area contributed by atoms with Crippen molar-refractivity contribution in [1.82, 2.24) is 9.62 Å². The molecule has 9 heteroatoms. The van der Waals surface area contributed by atoms with Crippen molar-refractivity contribution in [2.45, 2.75) is 49.7 Å². The normalized spacial score (nSPS) is 31.9. The summed E-state index contributed by atoms with van der Waals surface area (Å²) in [6, 6.07) is -0.645. The minimum absolute atomic E-state index is 0.160. The largest absolute Gasteiger partial charge is 0.516 e. The highest BCUT2D eigenvalue weighted by Gasteiger charge is 2.50. The zero-order valence-corrected chi connectivity index (χ0v) is 11.8. The van der Waals surface area contributed by atoms with E-state index in [9.17, 15) is 26.4 Å². The maximum atomic E-state index is 12.3. The van der Waals surface area contributed by atoms with Gasteiger partial charge < -0.3 is 0 Å². The summed E-state index contributed by atoms with van der Waals surface area (Å²) in [5, 5.41) is 0. The summed E-state index contributed by atoms with van der Waals surface area (Å²) < 4.78 is 59.8. The van der Waals surface area contributed by atoms with Crippen LogP contribution in [0.1, 0.15) is 32.1 Å². The topological polar surface area (TPSA) is 66.5 Å². The van der Waals surface area contributed by atoms with Crippen LogP contribution < -0.4 is 4.72 Å². The van der Waals surface area contributed by atoms with Crippen LogP contribution in [0.4, 0.5) is 13.2 Å². The lowest BCUT2D eigenvalue weighted by Gasteiger charge is -2.30. The van der Waals surface area contributed by atoms with Gasteiger partial charge in [-0.2, -0.15) is 21.6 Å². The van der Waals surface area contributed by atoms with E-state index in [0.29, 0.717) is 6.42 Å². The number of fused-ring (bicyclic) bond motifs is 1. The molecule has 1 aliphatic heterocycles. The van der Waals surface area contributed by atoms with Crippen molar-refractivity contribution >= 4 is 15.9 Å². The lowest BCUT2D eigenvalue weighted by atomic mass is 9.85. The minimum atomic E-state index is -5.62. The maximum absolute atomic E-state index is 12.3. The Morgan fingerprint density at radius 1 is 1.25 bits per heavy atom. The number of nitrogens with one attached hydrogen (secondary N) is 1. The Labute approximate surface area is 115 Å². The molecule has 2 aliphatic rings. The van der Waals surface area contributed by atoms with Gasteiger partial charge in [0.05, 0.1) is 6.04 Å². The fourth-order valence-electron chi connectivity index (χ4n) is 3.23. The molecule has 0 unspecified atom stereocenters. The van der Waals surface area contributed by atoms with Crippen LogP contribution in [0.3, 0.4) is 0 Å². The Balaban J connectivity index is 2.07. The predicted molar refractivity (Wildman–Crippen MR) is 65.0 cm³/mol. The van der Waals surface area contributed by atoms with E-state index in [1.807, 2.05) is 0 Å². The third-order valence-corrected chi connectivity index (χ3v) is 5.33. The third kappa shape index (κ3) is 2.78. The second kappa shape index (κ2) is 5.18. The number of sulfonamides is 1. The number of hydrogen-bond donors (Lipinski definition) is 1. The fraction of sp³-hybridized carbons (Fsp3) is 0.909. The van der Waals surface area contributed by atoms with Crippen LogP contribution in [0, 0.1) is 5.92 Å². The SMILES string of the molecule is CN1[C@H](C(=O)NS(=O)(=O)C(F)(F)F)C[C@@H]2CCCC[C@@H]21. The van der Waals surface area contributed by atoms with Gasteiger partial charge in [0, 0.05) is 6.04 Å². The van der Waals surface area contributed by atoms with E-state index in [1.165, 1.54) is 0 Å². The molecule has 0 aromatic carbocycles. The van der Waals surface area contributed by atoms with Gasteiger partial charge in [-0.05, 0) is 32.2 Å². The molecule has 3 atom stereocenters. The number of nitrogens with zero attached hydrogens (tertiary/aromatic N) is 1. The van der Waals surface area contributed by atoms with E-state index < -0.39 is 27.5 Å². The molecule has 1 heterocycles. The highest BCUT2D eigenvalue weighted by Crippen LogP contribution is 2.38. The quantitative estimate of drug-likeness (QED) is 0.832. The number of rotatable bonds is 2. The van der Waals surface area contributed by atoms with E-state index in [0.717, 1.165) is 30.4 Å². The van der Waals surface area contributed by atoms with Crippen molar-refractivity contribution in [3.05, 3.63) is 0 Å². The van der Waals surface area contributed by atoms with E-state index in [-0.39, 0.29) is 12.0 Å². The summed E-state index contributed by atoms with van der Waals surface area (Å²) in [5.74, 6) is -0.822. The minimum Gasteiger partial charge on any atom is -0.292 e. The van der Waals surface area contributed by atoms with Crippen molar-refractivity contribution < 1.29 is 26.4 Å². The highest BCUT2D eigenvalue weighted by molar-refractivity contribution is 7.90. The van der Waals surface area contributed by atoms with E-state index in [4.69, 9.17) is 0 Å². The molecule has 1 aliphatic carbocycles. The van der Waals surface area contributed by atoms with Crippen molar-refractivity contribution in [2.24, 2.45) is 5.92 Å². The molecule has 1 saturated heterocycles. The molecule has 0 bridgehead atoms. The number of alkyl halides is 3. The van der Waals surface area contributed by atoms with Crippen LogP contribution in [0.15, 0.2) is 0 Å². The first kappa shape index (κ1) is 15.6. The lowest BCUT2D eigenvalue weighted by molar-refractivity contribution is -0.124. The van der Waals surface area contributed by atoms with Gasteiger partial charge >= 0.3 is 15.5 Å². The van der Waals surface area contributed by atoms with Gasteiger partial charge in [0.25, 0.3) is 5.91 Å². The average molecular weight is 314 g/mol. The van der Waals surface area contributed by atoms with Crippen LogP contribution in [-0.4, -0.2) is 43.9 Å². The number of carbonyl (C=O) groups excluding carboxylic acids is 1. The lowest BCUT2D eigenvalue weighted by Crippen LogP contribution is -2.49. The number of carbonyl (C=O) groups is 1. The first-order chi connectivity index (χ1) is 9.13. The van der Waals surface area contributed by atoms with Gasteiger partial charge in [-0.1, -0.05) is 12.8 Å². The standard InChI is InChI=1S/C11H17F3N2O3S/c1-16-8-5-3-2-4-7(8)6-9(16)10(17)15-20(18,19)11(12,13)14/h7-9H,2-6H2,1H3,(H,15,17)/t7-,8-,9-/m0/s1. The summed E-state index contributed by atoms with van der Waals surface area (Å²) in [6.45, 7) is 0. The van der Waals surface area contributed by atoms with Gasteiger partial charge in [0.2, 0.25) is 0 Å². The van der Waals surface area contributed by atoms with Crippen molar-refractivity contribution in [3.63, 3.8) is 0 Å². The number of likely N-dealkylation sites (tertiary alicyclic amines) is 1. The summed E-state index contributed by atoms with van der Waals surface area (Å²) in [5.41, 5.74) is -5.47. The van der Waals surface area contributed by atoms with Crippen LogP contribution in [-0.2, 0) is 14.8 Å². The first-order valence-corrected chi connectivity index (χ1v) is 7.96. The van der Waals surface area contributed by atoms with Gasteiger partial charge in [-0.15, -0.1) is 0 Å².